The van der Waals surface area contributed by atoms with Crippen LogP contribution in [0.2, 0.25) is 43.3 Å². The first kappa shape index (κ1) is 6.33. The number of hydrogen-bond donors (Lipinski definition) is 1. The van der Waals surface area contributed by atoms with E-state index in [-0.39, 0.29) is 0 Å². The van der Waals surface area contributed by atoms with Gasteiger partial charge in [0.1, 0.15) is 0 Å². The number of nitrogen functional groups attached to an aromatic ring is 1. The molecule has 0 amide bonds. The zero-order valence-electron chi connectivity index (χ0n) is 9.94. The van der Waals surface area contributed by atoms with Crippen molar-refractivity contribution in [2.45, 2.75) is 47.7 Å². The molecule has 0 saturated carbocycles. The van der Waals surface area contributed by atoms with Crippen LogP contribution in [-0.2, 0) is 10.8 Å². The van der Waals surface area contributed by atoms with Gasteiger partial charge in [0.15, 0.2) is 0 Å². The topological polar surface area (TPSA) is 26.0 Å². The summed E-state index contributed by atoms with van der Waals surface area (Å²) in [5, 5.41) is 0. The van der Waals surface area contributed by atoms with E-state index in [1.165, 1.54) is 43.3 Å². The average molecular weight is 277 g/mol. The van der Waals surface area contributed by atoms with Crippen LogP contribution < -0.4 is 5.73 Å². The van der Waals surface area contributed by atoms with Gasteiger partial charge in [0.2, 0.25) is 0 Å². The minimum atomic E-state index is -2.88. The first-order chi connectivity index (χ1) is 8.54. The van der Waals surface area contributed by atoms with Gasteiger partial charge in [-0.05, 0) is 0 Å². The average Bonchev–Trinajstić information content (AvgIpc) is 3.33. The predicted octanol–water partition coefficient (Wildman–Crippen LogP) is 4.06. The van der Waals surface area contributed by atoms with Gasteiger partial charge in [-0.3, -0.25) is 0 Å². The molecule has 1 nitrogen and oxygen atoms in total. The van der Waals surface area contributed by atoms with Crippen LogP contribution in [0, 0.1) is 0 Å². The van der Waals surface area contributed by atoms with Crippen molar-refractivity contribution in [3.63, 3.8) is 0 Å². The van der Waals surface area contributed by atoms with Gasteiger partial charge >= 0.3 is 95.4 Å². The predicted molar refractivity (Wildman–Crippen MR) is 66.3 cm³/mol. The molecule has 0 aromatic heterocycles. The van der Waals surface area contributed by atoms with Crippen molar-refractivity contribution < 1.29 is 6.51 Å². The van der Waals surface area contributed by atoms with E-state index in [0.29, 0.717) is 0 Å². The number of rotatable bonds is 1. The third-order valence-corrected chi connectivity index (χ3v) is 58.4. The quantitative estimate of drug-likeness (QED) is 0.608. The summed E-state index contributed by atoms with van der Waals surface area (Å²) in [4.78, 5) is 12.8. The second-order valence-electron chi connectivity index (χ2n) is 11.3. The van der Waals surface area contributed by atoms with Gasteiger partial charge in [-0.2, -0.15) is 0 Å². The van der Waals surface area contributed by atoms with Gasteiger partial charge in [-0.25, -0.2) is 0 Å². The molecule has 11 rings (SSSR count). The molecule has 2 heteroatoms. The van der Waals surface area contributed by atoms with E-state index < -0.39 is 6.51 Å². The van der Waals surface area contributed by atoms with E-state index in [2.05, 4.69) is 24.3 Å². The molecule has 10 saturated heterocycles. The third-order valence-electron chi connectivity index (χ3n) is 16.0. The normalized spacial score (nSPS) is 113. The Kier molecular flexibility index (Phi) is 0.183. The van der Waals surface area contributed by atoms with E-state index >= 15 is 0 Å². The summed E-state index contributed by atoms with van der Waals surface area (Å²) < 4.78 is 0.923. The van der Waals surface area contributed by atoms with Crippen LogP contribution in [0.3, 0.4) is 0 Å². The summed E-state index contributed by atoms with van der Waals surface area (Å²) in [6.45, 7) is -2.88. The number of hydrogen-bond acceptors (Lipinski definition) is 1. The number of anilines is 1. The maximum absolute atomic E-state index is 5.92. The number of benzene rings is 1. The van der Waals surface area contributed by atoms with Crippen LogP contribution in [0.15, 0.2) is 24.3 Å². The first-order valence-corrected chi connectivity index (χ1v) is 13.9. The van der Waals surface area contributed by atoms with Gasteiger partial charge in [0.25, 0.3) is 0 Å². The van der Waals surface area contributed by atoms with Crippen LogP contribution in [0.4, 0.5) is 5.69 Å². The standard InChI is InChI=1S/C11H10N.C5H5.Fe/c12-11-7-5-10(6-8-11)9-3-1-2-4-9;1-2-4-5-3-1;/h1-8H,12H2;1-5H;. The summed E-state index contributed by atoms with van der Waals surface area (Å²) in [7, 11) is 0. The summed E-state index contributed by atoms with van der Waals surface area (Å²) in [6, 6.07) is 9.30. The van der Waals surface area contributed by atoms with E-state index in [9.17, 15) is 0 Å². The Labute approximate surface area is 95.4 Å². The first-order valence-electron chi connectivity index (χ1n) is 7.62. The molecule has 0 aliphatic carbocycles. The van der Waals surface area contributed by atoms with Gasteiger partial charge in [0.05, 0.1) is 0 Å². The molecule has 1 aromatic rings. The van der Waals surface area contributed by atoms with E-state index in [0.717, 1.165) is 10.0 Å². The number of nitrogens with two attached hydrogens (primary N) is 1. The van der Waals surface area contributed by atoms with E-state index in [1.54, 1.807) is 0 Å². The Morgan fingerprint density at radius 2 is 1.28 bits per heavy atom. The van der Waals surface area contributed by atoms with Crippen molar-refractivity contribution in [2.75, 3.05) is 5.73 Å². The van der Waals surface area contributed by atoms with Crippen molar-refractivity contribution in [3.8, 4) is 0 Å². The zero-order valence-corrected chi connectivity index (χ0v) is 11.0. The van der Waals surface area contributed by atoms with Crippen LogP contribution >= 0.6 is 0 Å². The van der Waals surface area contributed by atoms with Crippen LogP contribution in [-0.4, -0.2) is 0 Å². The summed E-state index contributed by atoms with van der Waals surface area (Å²) in [5.41, 5.74) is 8.70. The van der Waals surface area contributed by atoms with Crippen LogP contribution in [0.5, 0.6) is 0 Å². The van der Waals surface area contributed by atoms with Crippen molar-refractivity contribution in [1.29, 1.82) is 0 Å². The molecule has 4 unspecified atom stereocenters. The van der Waals surface area contributed by atoms with Gasteiger partial charge in [-0.1, -0.05) is 0 Å². The Morgan fingerprint density at radius 3 is 1.61 bits per heavy atom. The van der Waals surface area contributed by atoms with E-state index in [1.807, 2.05) is 5.56 Å². The molecular weight excluding hydrogens is 262 g/mol. The zero-order chi connectivity index (χ0) is 11.0. The summed E-state index contributed by atoms with van der Waals surface area (Å²) in [5.74, 6) is 0. The van der Waals surface area contributed by atoms with E-state index in [4.69, 9.17) is 5.73 Å². The molecule has 1 spiro atoms. The Hall–Kier alpha value is -0.461. The van der Waals surface area contributed by atoms with Gasteiger partial charge in [0, 0.05) is 0 Å². The van der Waals surface area contributed by atoms with Crippen molar-refractivity contribution >= 4 is 5.69 Å². The molecule has 92 valence electrons. The molecule has 0 bridgehead atoms. The Balaban J connectivity index is 1.55. The summed E-state index contributed by atoms with van der Waals surface area (Å²) in [6.07, 6.45) is 0. The van der Waals surface area contributed by atoms with Crippen molar-refractivity contribution in [3.05, 3.63) is 29.8 Å². The van der Waals surface area contributed by atoms with Crippen molar-refractivity contribution in [2.24, 2.45) is 0 Å². The van der Waals surface area contributed by atoms with Gasteiger partial charge < -0.3 is 0 Å². The molecule has 10 heterocycles. The Morgan fingerprint density at radius 1 is 0.778 bits per heavy atom. The summed E-state index contributed by atoms with van der Waals surface area (Å²) >= 11 is 0. The molecule has 2 N–H and O–H groups in total. The van der Waals surface area contributed by atoms with Crippen LogP contribution in [0.1, 0.15) is 5.56 Å². The van der Waals surface area contributed by atoms with Gasteiger partial charge in [-0.15, -0.1) is 0 Å². The fourth-order valence-electron chi connectivity index (χ4n) is 17.7. The fraction of sp³-hybridized carbons (Fsp3) is 0.625. The molecule has 1 aromatic carbocycles. The minimum absolute atomic E-state index is 0.923. The number of fused-ring (bicyclic) bond motifs is 10. The molecule has 0 radical (unpaired) electrons. The fourth-order valence-corrected chi connectivity index (χ4v) is 92.0. The van der Waals surface area contributed by atoms with Crippen LogP contribution in [0.25, 0.3) is 0 Å². The molecule has 4 atom stereocenters. The molecule has 10 fully saturated rings. The molecular formula is C16H15FeN. The molecule has 10 aliphatic heterocycles. The Bertz CT molecular complexity index is 1070. The second-order valence-corrected chi connectivity index (χ2v) is 34.9. The second kappa shape index (κ2) is 0.521. The molecule has 10 aliphatic rings. The van der Waals surface area contributed by atoms with Crippen molar-refractivity contribution in [1.82, 2.24) is 0 Å². The third kappa shape index (κ3) is 0.0629. The SMILES string of the molecule is Nc1ccc([C]23[CH]4[CH]5[CH]6[CH]2[Fe]56432789[CH]3[CH]2[CH]7[CH]8[CH]39)cc1. The monoisotopic (exact) mass is 277 g/mol. The maximum atomic E-state index is 5.92. The molecule has 18 heavy (non-hydrogen) atoms.